The minimum absolute atomic E-state index is 0.0426. The molecule has 0 amide bonds. The second-order valence-electron chi connectivity index (χ2n) is 4.48. The molecule has 22 heavy (non-hydrogen) atoms. The summed E-state index contributed by atoms with van der Waals surface area (Å²) in [6.07, 6.45) is 0. The van der Waals surface area contributed by atoms with E-state index >= 15 is 0 Å². The van der Waals surface area contributed by atoms with Gasteiger partial charge in [0.15, 0.2) is 5.84 Å². The predicted octanol–water partition coefficient (Wildman–Crippen LogP) is 2.81. The highest BCUT2D eigenvalue weighted by Gasteiger charge is 2.30. The van der Waals surface area contributed by atoms with Gasteiger partial charge in [0.25, 0.3) is 15.7 Å². The molecule has 0 fully saturated rings. The van der Waals surface area contributed by atoms with Crippen LogP contribution in [0.1, 0.15) is 5.56 Å². The summed E-state index contributed by atoms with van der Waals surface area (Å²) in [5.74, 6) is 0.0426. The summed E-state index contributed by atoms with van der Waals surface area (Å²) in [6, 6.07) is 10.0. The summed E-state index contributed by atoms with van der Waals surface area (Å²) in [5, 5.41) is 14.2. The Kier molecular flexibility index (Phi) is 3.34. The number of fused-ring (bicyclic) bond motifs is 1. The number of hydrogen-bond donors (Lipinski definition) is 1. The molecule has 0 saturated heterocycles. The van der Waals surface area contributed by atoms with Crippen LogP contribution in [0, 0.1) is 10.1 Å². The minimum atomic E-state index is -3.85. The largest absolute Gasteiger partial charge is 0.339 e. The van der Waals surface area contributed by atoms with Crippen LogP contribution in [0.15, 0.2) is 51.8 Å². The number of rotatable bonds is 2. The fourth-order valence-electron chi connectivity index (χ4n) is 2.02. The van der Waals surface area contributed by atoms with Gasteiger partial charge >= 0.3 is 0 Å². The summed E-state index contributed by atoms with van der Waals surface area (Å²) < 4.78 is 27.6. The average molecular weight is 338 g/mol. The van der Waals surface area contributed by atoms with Crippen molar-refractivity contribution in [2.45, 2.75) is 4.90 Å². The first-order chi connectivity index (χ1) is 10.4. The number of amidine groups is 1. The van der Waals surface area contributed by atoms with Gasteiger partial charge < -0.3 is 5.32 Å². The van der Waals surface area contributed by atoms with Gasteiger partial charge in [-0.1, -0.05) is 11.6 Å². The van der Waals surface area contributed by atoms with Crippen molar-refractivity contribution in [1.82, 2.24) is 0 Å². The lowest BCUT2D eigenvalue weighted by Crippen LogP contribution is -2.11. The number of nitrogens with one attached hydrogen (secondary N) is 1. The Balaban J connectivity index is 2.05. The Morgan fingerprint density at radius 3 is 2.45 bits per heavy atom. The monoisotopic (exact) mass is 337 g/mol. The van der Waals surface area contributed by atoms with Crippen LogP contribution in [-0.2, 0) is 10.0 Å². The molecule has 0 bridgehead atoms. The summed E-state index contributed by atoms with van der Waals surface area (Å²) in [6.45, 7) is 0. The zero-order chi connectivity index (χ0) is 15.9. The number of anilines is 1. The van der Waals surface area contributed by atoms with Crippen molar-refractivity contribution < 1.29 is 13.3 Å². The lowest BCUT2D eigenvalue weighted by Gasteiger charge is -2.06. The highest BCUT2D eigenvalue weighted by molar-refractivity contribution is 7.90. The molecule has 2 aromatic carbocycles. The maximum Gasteiger partial charge on any atom is 0.285 e. The number of nitrogens with zero attached hydrogens (tertiary/aromatic N) is 2. The Hall–Kier alpha value is -2.45. The van der Waals surface area contributed by atoms with E-state index in [0.717, 1.165) is 6.07 Å². The summed E-state index contributed by atoms with van der Waals surface area (Å²) in [7, 11) is -3.85. The van der Waals surface area contributed by atoms with Gasteiger partial charge in [0, 0.05) is 28.4 Å². The standard InChI is InChI=1S/C13H8ClN3O4S/c14-8-1-3-9(4-2-8)15-13-11-7-10(17(18)19)5-6-12(11)22(20,21)16-13/h1-7H,(H,15,16). The van der Waals surface area contributed by atoms with Gasteiger partial charge in [-0.3, -0.25) is 10.1 Å². The van der Waals surface area contributed by atoms with E-state index in [1.54, 1.807) is 24.3 Å². The lowest BCUT2D eigenvalue weighted by molar-refractivity contribution is -0.384. The number of hydrogen-bond acceptors (Lipinski definition) is 5. The van der Waals surface area contributed by atoms with Crippen molar-refractivity contribution in [2.24, 2.45) is 4.40 Å². The molecule has 0 atom stereocenters. The number of sulfonamides is 1. The smallest absolute Gasteiger partial charge is 0.285 e. The molecule has 1 aliphatic heterocycles. The molecule has 1 N–H and O–H groups in total. The molecule has 1 aliphatic rings. The Labute approximate surface area is 130 Å². The third-order valence-electron chi connectivity index (χ3n) is 3.03. The van der Waals surface area contributed by atoms with Crippen molar-refractivity contribution in [3.05, 3.63) is 63.2 Å². The second kappa shape index (κ2) is 5.08. The normalized spacial score (nSPS) is 15.0. The van der Waals surface area contributed by atoms with Crippen molar-refractivity contribution >= 4 is 38.8 Å². The molecular weight excluding hydrogens is 330 g/mol. The Morgan fingerprint density at radius 1 is 1.14 bits per heavy atom. The molecule has 0 radical (unpaired) electrons. The molecule has 112 valence electrons. The van der Waals surface area contributed by atoms with Gasteiger partial charge in [-0.15, -0.1) is 4.40 Å². The zero-order valence-electron chi connectivity index (χ0n) is 10.9. The van der Waals surface area contributed by atoms with Crippen molar-refractivity contribution in [3.63, 3.8) is 0 Å². The van der Waals surface area contributed by atoms with Crippen LogP contribution in [0.2, 0.25) is 5.02 Å². The van der Waals surface area contributed by atoms with Crippen molar-refractivity contribution in [1.29, 1.82) is 0 Å². The van der Waals surface area contributed by atoms with E-state index in [9.17, 15) is 18.5 Å². The summed E-state index contributed by atoms with van der Waals surface area (Å²) in [5.41, 5.74) is 0.531. The number of non-ortho nitro benzene ring substituents is 1. The number of nitro groups is 1. The highest BCUT2D eigenvalue weighted by atomic mass is 35.5. The molecule has 0 aromatic heterocycles. The van der Waals surface area contributed by atoms with E-state index in [1.807, 2.05) is 0 Å². The summed E-state index contributed by atoms with van der Waals surface area (Å²) >= 11 is 5.78. The van der Waals surface area contributed by atoms with E-state index in [2.05, 4.69) is 9.71 Å². The highest BCUT2D eigenvalue weighted by Crippen LogP contribution is 2.30. The first kappa shape index (κ1) is 14.5. The molecule has 9 heteroatoms. The van der Waals surface area contributed by atoms with E-state index in [4.69, 9.17) is 11.6 Å². The topological polar surface area (TPSA) is 102 Å². The molecule has 1 heterocycles. The van der Waals surface area contributed by atoms with Gasteiger partial charge in [0.1, 0.15) is 4.90 Å². The van der Waals surface area contributed by atoms with E-state index in [-0.39, 0.29) is 22.0 Å². The molecule has 0 spiro atoms. The van der Waals surface area contributed by atoms with Gasteiger partial charge in [0.05, 0.1) is 4.92 Å². The maximum atomic E-state index is 12.0. The Bertz CT molecular complexity index is 907. The first-order valence-electron chi connectivity index (χ1n) is 6.03. The van der Waals surface area contributed by atoms with E-state index < -0.39 is 14.9 Å². The molecule has 7 nitrogen and oxygen atoms in total. The lowest BCUT2D eigenvalue weighted by atomic mass is 10.1. The minimum Gasteiger partial charge on any atom is -0.339 e. The van der Waals surface area contributed by atoms with Gasteiger partial charge in [-0.05, 0) is 30.3 Å². The predicted molar refractivity (Wildman–Crippen MR) is 81.9 cm³/mol. The van der Waals surface area contributed by atoms with E-state index in [0.29, 0.717) is 10.7 Å². The number of benzene rings is 2. The van der Waals surface area contributed by atoms with Gasteiger partial charge in [0.2, 0.25) is 0 Å². The second-order valence-corrected chi connectivity index (χ2v) is 6.49. The first-order valence-corrected chi connectivity index (χ1v) is 7.85. The summed E-state index contributed by atoms with van der Waals surface area (Å²) in [4.78, 5) is 10.2. The van der Waals surface area contributed by atoms with Crippen LogP contribution in [-0.4, -0.2) is 19.2 Å². The number of nitro benzene ring substituents is 1. The van der Waals surface area contributed by atoms with Crippen molar-refractivity contribution in [2.75, 3.05) is 5.32 Å². The van der Waals surface area contributed by atoms with Crippen molar-refractivity contribution in [3.8, 4) is 0 Å². The molecule has 0 aliphatic carbocycles. The van der Waals surface area contributed by atoms with Crippen LogP contribution in [0.5, 0.6) is 0 Å². The van der Waals surface area contributed by atoms with Gasteiger partial charge in [-0.25, -0.2) is 0 Å². The van der Waals surface area contributed by atoms with Crippen LogP contribution in [0.3, 0.4) is 0 Å². The molecule has 3 rings (SSSR count). The third kappa shape index (κ3) is 2.53. The SMILES string of the molecule is O=[N+]([O-])c1ccc2c(c1)C(Nc1ccc(Cl)cc1)=NS2(=O)=O. The van der Waals surface area contributed by atoms with Gasteiger partial charge in [-0.2, -0.15) is 8.42 Å². The molecule has 2 aromatic rings. The van der Waals surface area contributed by atoms with E-state index in [1.165, 1.54) is 12.1 Å². The van der Waals surface area contributed by atoms with Crippen LogP contribution < -0.4 is 5.32 Å². The maximum absolute atomic E-state index is 12.0. The van der Waals surface area contributed by atoms with Crippen LogP contribution in [0.4, 0.5) is 11.4 Å². The average Bonchev–Trinajstić information content (AvgIpc) is 2.72. The molecule has 0 unspecified atom stereocenters. The zero-order valence-corrected chi connectivity index (χ0v) is 12.4. The fourth-order valence-corrected chi connectivity index (χ4v) is 3.30. The molecular formula is C13H8ClN3O4S. The Morgan fingerprint density at radius 2 is 1.82 bits per heavy atom. The quantitative estimate of drug-likeness (QED) is 0.670. The van der Waals surface area contributed by atoms with Crippen LogP contribution >= 0.6 is 11.6 Å². The van der Waals surface area contributed by atoms with Crippen LogP contribution in [0.25, 0.3) is 0 Å². The number of halogens is 1. The third-order valence-corrected chi connectivity index (χ3v) is 4.61. The fraction of sp³-hybridized carbons (Fsp3) is 0. The molecule has 0 saturated carbocycles.